The van der Waals surface area contributed by atoms with Crippen molar-refractivity contribution < 1.29 is 14.3 Å². The van der Waals surface area contributed by atoms with Crippen LogP contribution in [0.4, 0.5) is 0 Å². The summed E-state index contributed by atoms with van der Waals surface area (Å²) in [4.78, 5) is 30.3. The fraction of sp³-hybridized carbons (Fsp3) is 0.565. The van der Waals surface area contributed by atoms with Crippen LogP contribution in [0.15, 0.2) is 42.1 Å². The minimum absolute atomic E-state index is 0.0854. The molecule has 2 fully saturated rings. The second-order valence-corrected chi connectivity index (χ2v) is 8.24. The summed E-state index contributed by atoms with van der Waals surface area (Å²) in [5, 5.41) is 3.19. The van der Waals surface area contributed by atoms with Crippen LogP contribution in [0.3, 0.4) is 0 Å². The first-order valence-corrected chi connectivity index (χ1v) is 10.8. The largest absolute Gasteiger partial charge is 0.379 e. The number of ether oxygens (including phenoxy) is 1. The number of nitrogens with zero attached hydrogens (tertiary/aromatic N) is 2. The highest BCUT2D eigenvalue weighted by atomic mass is 16.5. The quantitative estimate of drug-likeness (QED) is 0.800. The van der Waals surface area contributed by atoms with E-state index in [2.05, 4.69) is 16.3 Å². The Kier molecular flexibility index (Phi) is 6.31. The van der Waals surface area contributed by atoms with Gasteiger partial charge in [-0.05, 0) is 31.2 Å². The van der Waals surface area contributed by atoms with Crippen molar-refractivity contribution in [3.8, 4) is 0 Å². The van der Waals surface area contributed by atoms with Crippen LogP contribution >= 0.6 is 0 Å². The van der Waals surface area contributed by atoms with Gasteiger partial charge in [0.05, 0.1) is 25.2 Å². The van der Waals surface area contributed by atoms with Gasteiger partial charge in [-0.15, -0.1) is 0 Å². The number of allylic oxidation sites excluding steroid dienone is 1. The number of nitrogens with one attached hydrogen (secondary N) is 1. The van der Waals surface area contributed by atoms with Gasteiger partial charge in [-0.25, -0.2) is 0 Å². The van der Waals surface area contributed by atoms with Gasteiger partial charge in [-0.1, -0.05) is 36.4 Å². The van der Waals surface area contributed by atoms with Crippen molar-refractivity contribution in [3.63, 3.8) is 0 Å². The number of piperidine rings is 1. The average Bonchev–Trinajstić information content (AvgIpc) is 2.77. The molecule has 1 unspecified atom stereocenters. The molecule has 1 aliphatic carbocycles. The summed E-state index contributed by atoms with van der Waals surface area (Å²) in [7, 11) is 0. The molecule has 2 heterocycles. The van der Waals surface area contributed by atoms with Crippen LogP contribution in [0.2, 0.25) is 0 Å². The zero-order valence-corrected chi connectivity index (χ0v) is 17.1. The van der Waals surface area contributed by atoms with Crippen LogP contribution in [0, 0.1) is 5.41 Å². The summed E-state index contributed by atoms with van der Waals surface area (Å²) >= 11 is 0. The molecule has 1 N–H and O–H groups in total. The van der Waals surface area contributed by atoms with Crippen molar-refractivity contribution in [2.24, 2.45) is 5.41 Å². The second-order valence-electron chi connectivity index (χ2n) is 8.24. The molecule has 1 atom stereocenters. The number of hydrogen-bond acceptors (Lipinski definition) is 4. The molecule has 2 amide bonds. The predicted octanol–water partition coefficient (Wildman–Crippen LogP) is 2.31. The number of benzene rings is 1. The maximum absolute atomic E-state index is 13.4. The number of amides is 2. The number of carbonyl (C=O) groups excluding carboxylic acids is 2. The van der Waals surface area contributed by atoms with Gasteiger partial charge in [0.25, 0.3) is 0 Å². The fourth-order valence-corrected chi connectivity index (χ4v) is 4.78. The van der Waals surface area contributed by atoms with E-state index in [1.54, 1.807) is 0 Å². The summed E-state index contributed by atoms with van der Waals surface area (Å²) in [5.74, 6) is 0.209. The molecule has 2 saturated heterocycles. The van der Waals surface area contributed by atoms with Gasteiger partial charge in [0.2, 0.25) is 11.8 Å². The van der Waals surface area contributed by atoms with Gasteiger partial charge < -0.3 is 15.0 Å². The Balaban J connectivity index is 1.46. The topological polar surface area (TPSA) is 61.9 Å². The normalized spacial score (nSPS) is 25.3. The number of hydrogen-bond donors (Lipinski definition) is 1. The number of likely N-dealkylation sites (tertiary alicyclic amines) is 1. The first-order chi connectivity index (χ1) is 14.2. The summed E-state index contributed by atoms with van der Waals surface area (Å²) < 4.78 is 5.39. The number of fused-ring (bicyclic) bond motifs is 1. The third kappa shape index (κ3) is 4.38. The van der Waals surface area contributed by atoms with Gasteiger partial charge in [0, 0.05) is 38.3 Å². The Hall–Kier alpha value is -2.18. The zero-order valence-electron chi connectivity index (χ0n) is 17.1. The van der Waals surface area contributed by atoms with Crippen molar-refractivity contribution in [1.29, 1.82) is 0 Å². The molecule has 3 aliphatic rings. The maximum atomic E-state index is 13.4. The smallest absolute Gasteiger partial charge is 0.232 e. The molecule has 1 aromatic rings. The van der Waals surface area contributed by atoms with Crippen molar-refractivity contribution in [2.75, 3.05) is 39.4 Å². The minimum Gasteiger partial charge on any atom is -0.379 e. The Labute approximate surface area is 172 Å². The molecule has 4 rings (SSSR count). The van der Waals surface area contributed by atoms with E-state index in [1.807, 2.05) is 35.2 Å². The molecule has 0 radical (unpaired) electrons. The summed E-state index contributed by atoms with van der Waals surface area (Å²) in [6.07, 6.45) is 5.92. The molecule has 0 spiro atoms. The molecular weight excluding hydrogens is 366 g/mol. The molecule has 29 heavy (non-hydrogen) atoms. The zero-order chi connectivity index (χ0) is 20.1. The molecule has 6 heteroatoms. The molecule has 0 bridgehead atoms. The Bertz CT molecular complexity index is 758. The first-order valence-electron chi connectivity index (χ1n) is 10.8. The summed E-state index contributed by atoms with van der Waals surface area (Å²) in [6.45, 7) is 5.39. The van der Waals surface area contributed by atoms with Gasteiger partial charge >= 0.3 is 0 Å². The minimum atomic E-state index is -0.564. The van der Waals surface area contributed by atoms with E-state index in [-0.39, 0.29) is 11.8 Å². The van der Waals surface area contributed by atoms with Gasteiger partial charge in [-0.2, -0.15) is 0 Å². The Morgan fingerprint density at radius 2 is 1.93 bits per heavy atom. The molecular formula is C23H31N3O3. The highest BCUT2D eigenvalue weighted by Crippen LogP contribution is 2.47. The van der Waals surface area contributed by atoms with Crippen molar-refractivity contribution >= 4 is 11.8 Å². The SMILES string of the molecule is O=C1CCC2(C(=O)NCCN3CCOCC3)CCCC=C2N1Cc1ccccc1. The van der Waals surface area contributed by atoms with Crippen molar-refractivity contribution in [2.45, 2.75) is 38.6 Å². The third-order valence-electron chi connectivity index (χ3n) is 6.43. The third-order valence-corrected chi connectivity index (χ3v) is 6.43. The van der Waals surface area contributed by atoms with E-state index in [1.165, 1.54) is 0 Å². The highest BCUT2D eigenvalue weighted by molar-refractivity contribution is 5.91. The van der Waals surface area contributed by atoms with Gasteiger partial charge in [-0.3, -0.25) is 14.5 Å². The second kappa shape index (κ2) is 9.09. The first kappa shape index (κ1) is 20.1. The van der Waals surface area contributed by atoms with Crippen LogP contribution in [-0.4, -0.2) is 61.0 Å². The van der Waals surface area contributed by atoms with E-state index < -0.39 is 5.41 Å². The molecule has 6 nitrogen and oxygen atoms in total. The van der Waals surface area contributed by atoms with E-state index in [4.69, 9.17) is 4.74 Å². The lowest BCUT2D eigenvalue weighted by Crippen LogP contribution is -2.53. The van der Waals surface area contributed by atoms with Gasteiger partial charge in [0.1, 0.15) is 0 Å². The molecule has 0 saturated carbocycles. The number of morpholine rings is 1. The van der Waals surface area contributed by atoms with Crippen LogP contribution in [0.1, 0.15) is 37.7 Å². The molecule has 0 aromatic heterocycles. The molecule has 1 aromatic carbocycles. The van der Waals surface area contributed by atoms with Crippen LogP contribution < -0.4 is 5.32 Å². The highest BCUT2D eigenvalue weighted by Gasteiger charge is 2.49. The molecule has 2 aliphatic heterocycles. The van der Waals surface area contributed by atoms with E-state index in [0.29, 0.717) is 25.9 Å². The lowest BCUT2D eigenvalue weighted by Gasteiger charge is -2.46. The van der Waals surface area contributed by atoms with Crippen LogP contribution in [0.5, 0.6) is 0 Å². The van der Waals surface area contributed by atoms with Crippen molar-refractivity contribution in [3.05, 3.63) is 47.7 Å². The number of rotatable bonds is 6. The van der Waals surface area contributed by atoms with Gasteiger partial charge in [0.15, 0.2) is 0 Å². The lowest BCUT2D eigenvalue weighted by molar-refractivity contribution is -0.141. The maximum Gasteiger partial charge on any atom is 0.232 e. The monoisotopic (exact) mass is 397 g/mol. The molecule has 156 valence electrons. The Morgan fingerprint density at radius 3 is 2.72 bits per heavy atom. The predicted molar refractivity (Wildman–Crippen MR) is 111 cm³/mol. The average molecular weight is 398 g/mol. The Morgan fingerprint density at radius 1 is 1.14 bits per heavy atom. The van der Waals surface area contributed by atoms with Crippen molar-refractivity contribution in [1.82, 2.24) is 15.1 Å². The van der Waals surface area contributed by atoms with E-state index in [9.17, 15) is 9.59 Å². The standard InChI is InChI=1S/C23H31N3O3/c27-21-9-11-23(22(28)24-12-13-25-14-16-29-17-15-25)10-5-4-8-20(23)26(21)18-19-6-2-1-3-7-19/h1-3,6-8H,4-5,9-18H2,(H,24,28). The summed E-state index contributed by atoms with van der Waals surface area (Å²) in [5.41, 5.74) is 1.45. The number of carbonyl (C=O) groups is 2. The van der Waals surface area contributed by atoms with Crippen LogP contribution in [-0.2, 0) is 20.9 Å². The fourth-order valence-electron chi connectivity index (χ4n) is 4.78. The van der Waals surface area contributed by atoms with E-state index >= 15 is 0 Å². The summed E-state index contributed by atoms with van der Waals surface area (Å²) in [6, 6.07) is 10.0. The van der Waals surface area contributed by atoms with Crippen LogP contribution in [0.25, 0.3) is 0 Å². The lowest BCUT2D eigenvalue weighted by atomic mass is 9.69. The van der Waals surface area contributed by atoms with E-state index in [0.717, 1.165) is 63.4 Å².